The number of hydrogen-bond donors (Lipinski definition) is 2. The molecule has 0 aromatic heterocycles. The van der Waals surface area contributed by atoms with Crippen LogP contribution in [-0.2, 0) is 13.0 Å². The maximum Gasteiger partial charge on any atom is 0.253 e. The van der Waals surface area contributed by atoms with Crippen molar-refractivity contribution in [1.29, 1.82) is 0 Å². The number of aliphatic imine (C=N–C) groups is 1. The van der Waals surface area contributed by atoms with Gasteiger partial charge in [0, 0.05) is 39.8 Å². The Kier molecular flexibility index (Phi) is 10.5. The number of hydrogen-bond acceptors (Lipinski definition) is 2. The van der Waals surface area contributed by atoms with Crippen LogP contribution in [0, 0.1) is 5.82 Å². The second-order valence-corrected chi connectivity index (χ2v) is 6.48. The summed E-state index contributed by atoms with van der Waals surface area (Å²) in [5.41, 5.74) is 2.73. The molecule has 5 nitrogen and oxygen atoms in total. The highest BCUT2D eigenvalue weighted by molar-refractivity contribution is 14.0. The van der Waals surface area contributed by atoms with Gasteiger partial charge in [-0.1, -0.05) is 24.3 Å². The van der Waals surface area contributed by atoms with Gasteiger partial charge in [-0.25, -0.2) is 4.39 Å². The molecule has 0 bridgehead atoms. The highest BCUT2D eigenvalue weighted by Gasteiger charge is 2.07. The summed E-state index contributed by atoms with van der Waals surface area (Å²) in [5, 5.41) is 6.50. The van der Waals surface area contributed by atoms with Gasteiger partial charge in [-0.3, -0.25) is 9.79 Å². The molecule has 2 N–H and O–H groups in total. The van der Waals surface area contributed by atoms with Crippen LogP contribution in [0.1, 0.15) is 27.9 Å². The Bertz CT molecular complexity index is 778. The molecule has 7 heteroatoms. The summed E-state index contributed by atoms with van der Waals surface area (Å²) < 4.78 is 13.2. The van der Waals surface area contributed by atoms with E-state index in [-0.39, 0.29) is 35.7 Å². The molecule has 0 fully saturated rings. The van der Waals surface area contributed by atoms with E-state index in [9.17, 15) is 9.18 Å². The van der Waals surface area contributed by atoms with Crippen LogP contribution in [0.4, 0.5) is 4.39 Å². The van der Waals surface area contributed by atoms with Crippen molar-refractivity contribution < 1.29 is 9.18 Å². The molecular weight excluding hydrogens is 470 g/mol. The second kappa shape index (κ2) is 12.3. The van der Waals surface area contributed by atoms with Crippen LogP contribution >= 0.6 is 24.0 Å². The Balaban J connectivity index is 0.00000392. The van der Waals surface area contributed by atoms with Crippen molar-refractivity contribution in [2.45, 2.75) is 19.4 Å². The van der Waals surface area contributed by atoms with E-state index < -0.39 is 0 Å². The van der Waals surface area contributed by atoms with Crippen LogP contribution in [0.3, 0.4) is 0 Å². The van der Waals surface area contributed by atoms with E-state index >= 15 is 0 Å². The lowest BCUT2D eigenvalue weighted by atomic mass is 10.1. The van der Waals surface area contributed by atoms with Gasteiger partial charge in [0.15, 0.2) is 5.96 Å². The molecule has 0 atom stereocenters. The van der Waals surface area contributed by atoms with Gasteiger partial charge in [0.25, 0.3) is 5.91 Å². The molecule has 0 radical (unpaired) electrons. The van der Waals surface area contributed by atoms with E-state index in [2.05, 4.69) is 15.6 Å². The molecule has 2 rings (SSSR count). The van der Waals surface area contributed by atoms with E-state index in [1.165, 1.54) is 6.07 Å². The van der Waals surface area contributed by atoms with Gasteiger partial charge in [-0.05, 0) is 48.2 Å². The minimum Gasteiger partial charge on any atom is -0.356 e. The number of nitrogens with one attached hydrogen (secondary N) is 2. The summed E-state index contributed by atoms with van der Waals surface area (Å²) in [6.45, 7) is 1.35. The van der Waals surface area contributed by atoms with Gasteiger partial charge < -0.3 is 15.5 Å². The van der Waals surface area contributed by atoms with E-state index in [4.69, 9.17) is 0 Å². The van der Waals surface area contributed by atoms with Gasteiger partial charge in [-0.15, -0.1) is 24.0 Å². The normalized spacial score (nSPS) is 10.8. The van der Waals surface area contributed by atoms with Crippen molar-refractivity contribution in [3.63, 3.8) is 0 Å². The van der Waals surface area contributed by atoms with Crippen molar-refractivity contribution in [3.05, 3.63) is 71.0 Å². The first kappa shape index (κ1) is 23.9. The Hall–Kier alpha value is -2.16. The van der Waals surface area contributed by atoms with Crippen molar-refractivity contribution >= 4 is 35.8 Å². The number of carbonyl (C=O) groups is 1. The van der Waals surface area contributed by atoms with Crippen molar-refractivity contribution in [1.82, 2.24) is 15.5 Å². The largest absolute Gasteiger partial charge is 0.356 e. The lowest BCUT2D eigenvalue weighted by molar-refractivity contribution is 0.0827. The van der Waals surface area contributed by atoms with Crippen molar-refractivity contribution in [3.8, 4) is 0 Å². The van der Waals surface area contributed by atoms with Gasteiger partial charge in [-0.2, -0.15) is 0 Å². The maximum atomic E-state index is 13.2. The summed E-state index contributed by atoms with van der Waals surface area (Å²) >= 11 is 0. The van der Waals surface area contributed by atoms with Crippen LogP contribution in [0.2, 0.25) is 0 Å². The average molecular weight is 498 g/mol. The predicted octanol–water partition coefficient (Wildman–Crippen LogP) is 3.44. The second-order valence-electron chi connectivity index (χ2n) is 6.48. The highest BCUT2D eigenvalue weighted by atomic mass is 127. The van der Waals surface area contributed by atoms with Gasteiger partial charge in [0.2, 0.25) is 0 Å². The first-order valence-corrected chi connectivity index (χ1v) is 8.99. The molecule has 0 saturated heterocycles. The number of aryl methyl sites for hydroxylation is 1. The van der Waals surface area contributed by atoms with Crippen LogP contribution in [-0.4, -0.2) is 44.5 Å². The molecular formula is C21H28FIN4O. The zero-order valence-corrected chi connectivity index (χ0v) is 18.9. The number of guanidine groups is 1. The maximum absolute atomic E-state index is 13.2. The average Bonchev–Trinajstić information content (AvgIpc) is 2.67. The van der Waals surface area contributed by atoms with E-state index in [1.54, 1.807) is 38.2 Å². The fraction of sp³-hybridized carbons (Fsp3) is 0.333. The zero-order valence-electron chi connectivity index (χ0n) is 16.5. The Morgan fingerprint density at radius 3 is 2.39 bits per heavy atom. The van der Waals surface area contributed by atoms with E-state index in [0.29, 0.717) is 18.1 Å². The van der Waals surface area contributed by atoms with Crippen molar-refractivity contribution in [2.24, 2.45) is 4.99 Å². The first-order valence-electron chi connectivity index (χ1n) is 8.99. The molecule has 0 spiro atoms. The molecule has 0 unspecified atom stereocenters. The minimum absolute atomic E-state index is 0. The number of nitrogens with zero attached hydrogens (tertiary/aromatic N) is 2. The topological polar surface area (TPSA) is 56.7 Å². The lowest BCUT2D eigenvalue weighted by Crippen LogP contribution is -2.37. The minimum atomic E-state index is -0.198. The molecule has 2 aromatic rings. The number of carbonyl (C=O) groups excluding carboxylic acids is 1. The quantitative estimate of drug-likeness (QED) is 0.266. The molecule has 152 valence electrons. The fourth-order valence-corrected chi connectivity index (χ4v) is 2.62. The van der Waals surface area contributed by atoms with E-state index in [1.807, 2.05) is 30.3 Å². The molecule has 0 saturated carbocycles. The summed E-state index contributed by atoms with van der Waals surface area (Å²) in [5.74, 6) is 0.504. The summed E-state index contributed by atoms with van der Waals surface area (Å²) in [6, 6.07) is 14.2. The number of rotatable bonds is 7. The molecule has 1 amide bonds. The first-order chi connectivity index (χ1) is 13.0. The monoisotopic (exact) mass is 498 g/mol. The number of benzene rings is 2. The summed E-state index contributed by atoms with van der Waals surface area (Å²) in [4.78, 5) is 17.7. The Morgan fingerprint density at radius 2 is 1.79 bits per heavy atom. The van der Waals surface area contributed by atoms with Crippen LogP contribution in [0.15, 0.2) is 53.5 Å². The predicted molar refractivity (Wildman–Crippen MR) is 123 cm³/mol. The Labute approximate surface area is 183 Å². The van der Waals surface area contributed by atoms with Gasteiger partial charge >= 0.3 is 0 Å². The van der Waals surface area contributed by atoms with E-state index in [0.717, 1.165) is 30.5 Å². The molecule has 0 aliphatic carbocycles. The standard InChI is InChI=1S/C21H27FN4O.HI/c1-23-21(24-13-5-7-16-6-4-8-19(22)14-16)25-15-17-9-11-18(12-10-17)20(27)26(2)3;/h4,6,8-12,14H,5,7,13,15H2,1-3H3,(H2,23,24,25);1H. The highest BCUT2D eigenvalue weighted by Crippen LogP contribution is 2.07. The van der Waals surface area contributed by atoms with Crippen molar-refractivity contribution in [2.75, 3.05) is 27.7 Å². The third kappa shape index (κ3) is 7.84. The SMILES string of the molecule is CN=C(NCCCc1cccc(F)c1)NCc1ccc(C(=O)N(C)C)cc1.I. The smallest absolute Gasteiger partial charge is 0.253 e. The van der Waals surface area contributed by atoms with Gasteiger partial charge in [0.05, 0.1) is 0 Å². The van der Waals surface area contributed by atoms with Crippen LogP contribution in [0.25, 0.3) is 0 Å². The summed E-state index contributed by atoms with van der Waals surface area (Å²) in [6.07, 6.45) is 1.69. The van der Waals surface area contributed by atoms with Crippen LogP contribution < -0.4 is 10.6 Å². The molecule has 0 aliphatic heterocycles. The van der Waals surface area contributed by atoms with Gasteiger partial charge in [0.1, 0.15) is 5.82 Å². The summed E-state index contributed by atoms with van der Waals surface area (Å²) in [7, 11) is 5.20. The van der Waals surface area contributed by atoms with Crippen LogP contribution in [0.5, 0.6) is 0 Å². The third-order valence-corrected chi connectivity index (χ3v) is 4.11. The molecule has 0 heterocycles. The third-order valence-electron chi connectivity index (χ3n) is 4.11. The molecule has 2 aromatic carbocycles. The Morgan fingerprint density at radius 1 is 1.07 bits per heavy atom. The number of halogens is 2. The molecule has 28 heavy (non-hydrogen) atoms. The fourth-order valence-electron chi connectivity index (χ4n) is 2.62. The lowest BCUT2D eigenvalue weighted by Gasteiger charge is -2.13. The number of amides is 1. The molecule has 0 aliphatic rings. The zero-order chi connectivity index (χ0) is 19.6.